The Bertz CT molecular complexity index is 1320. The van der Waals surface area contributed by atoms with Crippen molar-refractivity contribution in [1.29, 1.82) is 0 Å². The summed E-state index contributed by atoms with van der Waals surface area (Å²) >= 11 is 0. The molecule has 0 spiro atoms. The Morgan fingerprint density at radius 1 is 1.02 bits per heavy atom. The Hall–Kier alpha value is -2.33. The maximum Gasteiger partial charge on any atom is 0.410 e. The molecule has 0 aromatic rings. The first-order valence-electron chi connectivity index (χ1n) is 20.1. The number of carbonyl (C=O) groups excluding carboxylic acids is 3. The van der Waals surface area contributed by atoms with E-state index in [-0.39, 0.29) is 43.5 Å². The van der Waals surface area contributed by atoms with Crippen molar-refractivity contribution in [2.75, 3.05) is 32.8 Å². The minimum Gasteiger partial charge on any atom is -0.459 e. The highest BCUT2D eigenvalue weighted by atomic mass is 19.1. The Morgan fingerprint density at radius 3 is 2.42 bits per heavy atom. The number of aliphatic hydroxyl groups is 1. The fraction of sp³-hybridized carbons (Fsp3) is 0.921. The third-order valence-electron chi connectivity index (χ3n) is 12.5. The third-order valence-corrected chi connectivity index (χ3v) is 12.5. The number of alkyl halides is 2. The van der Waals surface area contributed by atoms with E-state index < -0.39 is 96.4 Å². The van der Waals surface area contributed by atoms with E-state index in [9.17, 15) is 19.5 Å². The molecule has 13 unspecified atom stereocenters. The van der Waals surface area contributed by atoms with Gasteiger partial charge in [0.05, 0.1) is 37.0 Å². The average Bonchev–Trinajstić information content (AvgIpc) is 3.08. The monoisotopic (exact) mass is 754 g/mol. The Morgan fingerprint density at radius 2 is 1.75 bits per heavy atom. The van der Waals surface area contributed by atoms with E-state index in [4.69, 9.17) is 14.2 Å². The normalized spacial score (nSPS) is 41.4. The van der Waals surface area contributed by atoms with Gasteiger partial charge >= 0.3 is 18.1 Å². The van der Waals surface area contributed by atoms with Gasteiger partial charge in [0.25, 0.3) is 0 Å². The Labute approximate surface area is 313 Å². The van der Waals surface area contributed by atoms with E-state index in [1.807, 2.05) is 27.7 Å². The molecule has 2 bridgehead atoms. The molecule has 0 aromatic heterocycles. The van der Waals surface area contributed by atoms with Crippen LogP contribution in [0, 0.1) is 29.6 Å². The SMILES string of the molecule is CC(C)C(=O)OC1C(O)COC2CCCC(F)C2C2NC3C(CC2F)C(N2CCN(C(=O)OC(C)(C)C)C[C@@H]2C)NC(=O)N3C2C1CCNC2C(C)C. The van der Waals surface area contributed by atoms with Crippen molar-refractivity contribution in [2.45, 2.75) is 160 Å². The van der Waals surface area contributed by atoms with Gasteiger partial charge in [0.1, 0.15) is 30.2 Å². The molecule has 13 nitrogen and oxygen atoms in total. The summed E-state index contributed by atoms with van der Waals surface area (Å²) in [5, 5.41) is 22.3. The highest BCUT2D eigenvalue weighted by Crippen LogP contribution is 2.44. The second kappa shape index (κ2) is 16.0. The van der Waals surface area contributed by atoms with Gasteiger partial charge in [0.2, 0.25) is 0 Å². The first-order valence-corrected chi connectivity index (χ1v) is 20.1. The Kier molecular flexibility index (Phi) is 12.2. The number of nitrogens with one attached hydrogen (secondary N) is 3. The first kappa shape index (κ1) is 40.3. The van der Waals surface area contributed by atoms with Crippen LogP contribution in [0.1, 0.15) is 87.5 Å². The zero-order chi connectivity index (χ0) is 38.5. The highest BCUT2D eigenvalue weighted by molar-refractivity contribution is 5.77. The second-order valence-corrected chi connectivity index (χ2v) is 18.1. The van der Waals surface area contributed by atoms with Crippen LogP contribution < -0.4 is 16.0 Å². The Balaban J connectivity index is 1.40. The number of hydrogen-bond acceptors (Lipinski definition) is 10. The molecule has 53 heavy (non-hydrogen) atoms. The van der Waals surface area contributed by atoms with E-state index in [1.165, 1.54) is 0 Å². The predicted molar refractivity (Wildman–Crippen MR) is 193 cm³/mol. The molecule has 1 aliphatic carbocycles. The summed E-state index contributed by atoms with van der Waals surface area (Å²) in [6.07, 6.45) is -5.45. The summed E-state index contributed by atoms with van der Waals surface area (Å²) in [4.78, 5) is 46.7. The van der Waals surface area contributed by atoms with Crippen molar-refractivity contribution in [3.8, 4) is 0 Å². The fourth-order valence-electron chi connectivity index (χ4n) is 10.0. The minimum atomic E-state index is -1.44. The number of piperidine rings is 2. The molecule has 5 saturated heterocycles. The van der Waals surface area contributed by atoms with Crippen LogP contribution in [-0.2, 0) is 19.0 Å². The minimum absolute atomic E-state index is 0.0294. The first-order chi connectivity index (χ1) is 25.0. The summed E-state index contributed by atoms with van der Waals surface area (Å²) in [6.45, 7) is 16.6. The molecule has 302 valence electrons. The number of piperazine rings is 1. The van der Waals surface area contributed by atoms with Gasteiger partial charge in [0, 0.05) is 55.5 Å². The lowest BCUT2D eigenvalue weighted by Crippen LogP contribution is -2.80. The molecule has 6 rings (SSSR count). The molecule has 14 atom stereocenters. The lowest BCUT2D eigenvalue weighted by atomic mass is 9.71. The molecule has 0 radical (unpaired) electrons. The smallest absolute Gasteiger partial charge is 0.410 e. The van der Waals surface area contributed by atoms with E-state index in [1.54, 1.807) is 23.6 Å². The molecule has 4 N–H and O–H groups in total. The number of urea groups is 1. The van der Waals surface area contributed by atoms with Crippen LogP contribution in [0.4, 0.5) is 18.4 Å². The number of ether oxygens (including phenoxy) is 3. The van der Waals surface area contributed by atoms with Crippen LogP contribution in [-0.4, -0.2) is 143 Å². The summed E-state index contributed by atoms with van der Waals surface area (Å²) in [6, 6.07) is -2.32. The zero-order valence-corrected chi connectivity index (χ0v) is 32.8. The molecule has 5 heterocycles. The summed E-state index contributed by atoms with van der Waals surface area (Å²) in [5.74, 6) is -2.68. The van der Waals surface area contributed by atoms with Gasteiger partial charge in [-0.25, -0.2) is 18.4 Å². The lowest BCUT2D eigenvalue weighted by Gasteiger charge is -2.60. The largest absolute Gasteiger partial charge is 0.459 e. The highest BCUT2D eigenvalue weighted by Gasteiger charge is 2.59. The molecular formula is C38H64F2N6O7. The van der Waals surface area contributed by atoms with Crippen molar-refractivity contribution in [3.05, 3.63) is 0 Å². The van der Waals surface area contributed by atoms with Crippen molar-refractivity contribution >= 4 is 18.1 Å². The van der Waals surface area contributed by atoms with Gasteiger partial charge in [-0.3, -0.25) is 15.0 Å². The molecule has 15 heteroatoms. The maximum absolute atomic E-state index is 16.9. The molecule has 3 amide bonds. The summed E-state index contributed by atoms with van der Waals surface area (Å²) in [5.41, 5.74) is -0.644. The van der Waals surface area contributed by atoms with Crippen molar-refractivity contribution in [2.24, 2.45) is 29.6 Å². The number of hydrogen-bond donors (Lipinski definition) is 4. The molecule has 1 saturated carbocycles. The van der Waals surface area contributed by atoms with Crippen LogP contribution in [0.5, 0.6) is 0 Å². The van der Waals surface area contributed by atoms with Crippen molar-refractivity contribution in [3.63, 3.8) is 0 Å². The van der Waals surface area contributed by atoms with Crippen LogP contribution in [0.2, 0.25) is 0 Å². The molecule has 0 aromatic carbocycles. The van der Waals surface area contributed by atoms with Gasteiger partial charge < -0.3 is 39.8 Å². The second-order valence-electron chi connectivity index (χ2n) is 18.1. The van der Waals surface area contributed by atoms with Gasteiger partial charge in [0.15, 0.2) is 0 Å². The molecular weight excluding hydrogens is 690 g/mol. The summed E-state index contributed by atoms with van der Waals surface area (Å²) in [7, 11) is 0. The standard InChI is InChI=1S/C38H64F2N6O7/c1-19(2)29-31-22(12-13-41-29)32(52-35(48)20(3)4)26(47)18-51-27-11-9-10-24(39)28(27)30-25(40)16-23-33(43-36(49)46(31)34(23)42-30)45-15-14-44(17-21(45)5)37(50)53-38(6,7)8/h19-34,41-42,47H,9-18H2,1-8H3,(H,43,49)/t21-,22?,23?,24?,25?,26?,27?,28?,29?,30?,31?,32?,33?,34?/m0/s1. The van der Waals surface area contributed by atoms with E-state index >= 15 is 8.78 Å². The predicted octanol–water partition coefficient (Wildman–Crippen LogP) is 3.39. The average molecular weight is 755 g/mol. The number of esters is 1. The zero-order valence-electron chi connectivity index (χ0n) is 32.8. The number of rotatable bonds is 4. The number of carbonyl (C=O) groups is 3. The number of amides is 3. The van der Waals surface area contributed by atoms with E-state index in [0.29, 0.717) is 45.4 Å². The number of aliphatic hydroxyl groups excluding tert-OH is 1. The molecule has 5 aliphatic heterocycles. The van der Waals surface area contributed by atoms with E-state index in [0.717, 1.165) is 0 Å². The van der Waals surface area contributed by atoms with E-state index in [2.05, 4.69) is 34.7 Å². The number of fused-ring (bicyclic) bond motifs is 5. The van der Waals surface area contributed by atoms with Crippen molar-refractivity contribution < 1.29 is 42.5 Å². The quantitative estimate of drug-likeness (QED) is 0.316. The molecule has 6 fully saturated rings. The van der Waals surface area contributed by atoms with Crippen LogP contribution in [0.25, 0.3) is 0 Å². The fourth-order valence-corrected chi connectivity index (χ4v) is 10.0. The van der Waals surface area contributed by atoms with Crippen LogP contribution in [0.15, 0.2) is 0 Å². The van der Waals surface area contributed by atoms with Gasteiger partial charge in [-0.2, -0.15) is 0 Å². The number of halogens is 2. The van der Waals surface area contributed by atoms with Gasteiger partial charge in [-0.05, 0) is 72.3 Å². The topological polar surface area (TPSA) is 145 Å². The van der Waals surface area contributed by atoms with Crippen LogP contribution >= 0.6 is 0 Å². The lowest BCUT2D eigenvalue weighted by molar-refractivity contribution is -0.183. The van der Waals surface area contributed by atoms with Crippen LogP contribution in [0.3, 0.4) is 0 Å². The maximum atomic E-state index is 16.9. The van der Waals surface area contributed by atoms with Crippen molar-refractivity contribution in [1.82, 2.24) is 30.7 Å². The summed E-state index contributed by atoms with van der Waals surface area (Å²) < 4.78 is 51.1. The van der Waals surface area contributed by atoms with Gasteiger partial charge in [-0.15, -0.1) is 0 Å². The third kappa shape index (κ3) is 8.29. The van der Waals surface area contributed by atoms with Gasteiger partial charge in [-0.1, -0.05) is 27.7 Å². The molecule has 6 aliphatic rings. The number of nitrogens with zero attached hydrogens (tertiary/aromatic N) is 3.